The van der Waals surface area contributed by atoms with Gasteiger partial charge < -0.3 is 14.5 Å². The fourth-order valence-corrected chi connectivity index (χ4v) is 4.02. The van der Waals surface area contributed by atoms with Gasteiger partial charge in [0.2, 0.25) is 5.91 Å². The van der Waals surface area contributed by atoms with E-state index < -0.39 is 0 Å². The number of amides is 1. The number of carbonyl (C=O) groups excluding carboxylic acids is 1. The molecule has 0 aliphatic carbocycles. The topological polar surface area (TPSA) is 32.8 Å². The lowest BCUT2D eigenvalue weighted by molar-refractivity contribution is -0.133. The second-order valence-corrected chi connectivity index (χ2v) is 7.13. The number of carbonyl (C=O) groups is 1. The molecule has 1 aromatic carbocycles. The van der Waals surface area contributed by atoms with E-state index in [4.69, 9.17) is 4.74 Å². The SMILES string of the molecule is COc1cccc(CC(=O)N2CCCCCC2CN2CCCC2)c1. The molecule has 1 unspecified atom stereocenters. The van der Waals surface area contributed by atoms with E-state index in [2.05, 4.69) is 9.80 Å². The van der Waals surface area contributed by atoms with Gasteiger partial charge in [0.15, 0.2) is 0 Å². The van der Waals surface area contributed by atoms with E-state index in [1.807, 2.05) is 24.3 Å². The van der Waals surface area contributed by atoms with Gasteiger partial charge in [-0.05, 0) is 56.5 Å². The Labute approximate surface area is 145 Å². The normalized spacial score (nSPS) is 22.4. The van der Waals surface area contributed by atoms with Crippen LogP contribution >= 0.6 is 0 Å². The minimum absolute atomic E-state index is 0.273. The quantitative estimate of drug-likeness (QED) is 0.832. The Balaban J connectivity index is 1.66. The Morgan fingerprint density at radius 2 is 1.92 bits per heavy atom. The van der Waals surface area contributed by atoms with Crippen LogP contribution in [0.3, 0.4) is 0 Å². The second-order valence-electron chi connectivity index (χ2n) is 7.13. The maximum Gasteiger partial charge on any atom is 0.227 e. The van der Waals surface area contributed by atoms with Crippen LogP contribution in [-0.4, -0.2) is 55.0 Å². The van der Waals surface area contributed by atoms with Gasteiger partial charge in [0.05, 0.1) is 13.5 Å². The molecule has 2 aliphatic heterocycles. The average Bonchev–Trinajstić information content (AvgIpc) is 2.99. The molecule has 0 radical (unpaired) electrons. The summed E-state index contributed by atoms with van der Waals surface area (Å²) in [6, 6.07) is 8.28. The van der Waals surface area contributed by atoms with Gasteiger partial charge in [-0.1, -0.05) is 25.0 Å². The minimum Gasteiger partial charge on any atom is -0.497 e. The molecule has 4 heteroatoms. The van der Waals surface area contributed by atoms with Crippen molar-refractivity contribution in [3.8, 4) is 5.75 Å². The van der Waals surface area contributed by atoms with E-state index in [1.54, 1.807) is 7.11 Å². The van der Waals surface area contributed by atoms with Crippen LogP contribution in [0.2, 0.25) is 0 Å². The highest BCUT2D eigenvalue weighted by atomic mass is 16.5. The number of nitrogens with zero attached hydrogens (tertiary/aromatic N) is 2. The third-order valence-corrected chi connectivity index (χ3v) is 5.35. The van der Waals surface area contributed by atoms with Crippen LogP contribution in [-0.2, 0) is 11.2 Å². The van der Waals surface area contributed by atoms with Crippen molar-refractivity contribution < 1.29 is 9.53 Å². The molecule has 2 heterocycles. The predicted octanol–water partition coefficient (Wildman–Crippen LogP) is 3.10. The summed E-state index contributed by atoms with van der Waals surface area (Å²) in [7, 11) is 1.67. The molecule has 24 heavy (non-hydrogen) atoms. The van der Waals surface area contributed by atoms with Gasteiger partial charge in [-0.15, -0.1) is 0 Å². The van der Waals surface area contributed by atoms with Crippen molar-refractivity contribution in [2.24, 2.45) is 0 Å². The Bertz CT molecular complexity index is 540. The molecule has 0 saturated carbocycles. The molecule has 1 amide bonds. The largest absolute Gasteiger partial charge is 0.497 e. The third-order valence-electron chi connectivity index (χ3n) is 5.35. The Morgan fingerprint density at radius 1 is 1.12 bits per heavy atom. The van der Waals surface area contributed by atoms with Crippen LogP contribution in [0.1, 0.15) is 44.1 Å². The summed E-state index contributed by atoms with van der Waals surface area (Å²) >= 11 is 0. The number of ether oxygens (including phenoxy) is 1. The number of hydrogen-bond donors (Lipinski definition) is 0. The fraction of sp³-hybridized carbons (Fsp3) is 0.650. The van der Waals surface area contributed by atoms with E-state index in [0.29, 0.717) is 12.5 Å². The van der Waals surface area contributed by atoms with Gasteiger partial charge in [0.1, 0.15) is 5.75 Å². The van der Waals surface area contributed by atoms with Gasteiger partial charge in [-0.2, -0.15) is 0 Å². The molecule has 132 valence electrons. The first kappa shape index (κ1) is 17.3. The molecule has 0 aromatic heterocycles. The summed E-state index contributed by atoms with van der Waals surface area (Å²) in [5.74, 6) is 1.10. The maximum absolute atomic E-state index is 13.0. The third kappa shape index (κ3) is 4.50. The van der Waals surface area contributed by atoms with Crippen LogP contribution in [0, 0.1) is 0 Å². The summed E-state index contributed by atoms with van der Waals surface area (Å²) in [6.07, 6.45) is 7.89. The highest BCUT2D eigenvalue weighted by molar-refractivity contribution is 5.79. The smallest absolute Gasteiger partial charge is 0.227 e. The monoisotopic (exact) mass is 330 g/mol. The maximum atomic E-state index is 13.0. The number of benzene rings is 1. The summed E-state index contributed by atoms with van der Waals surface area (Å²) in [6.45, 7) is 4.38. The first-order valence-corrected chi connectivity index (χ1v) is 9.41. The van der Waals surface area contributed by atoms with Gasteiger partial charge in [-0.25, -0.2) is 0 Å². The lowest BCUT2D eigenvalue weighted by Crippen LogP contribution is -2.46. The molecule has 3 rings (SSSR count). The standard InChI is InChI=1S/C20H30N2O2/c1-24-19-10-7-8-17(14-19)15-20(23)22-13-4-2-3-9-18(22)16-21-11-5-6-12-21/h7-8,10,14,18H,2-6,9,11-13,15-16H2,1H3. The average molecular weight is 330 g/mol. The van der Waals surface area contributed by atoms with Crippen LogP contribution in [0.15, 0.2) is 24.3 Å². The van der Waals surface area contributed by atoms with Crippen molar-refractivity contribution >= 4 is 5.91 Å². The van der Waals surface area contributed by atoms with E-state index in [9.17, 15) is 4.79 Å². The molecule has 4 nitrogen and oxygen atoms in total. The van der Waals surface area contributed by atoms with E-state index >= 15 is 0 Å². The van der Waals surface area contributed by atoms with Crippen molar-refractivity contribution in [1.82, 2.24) is 9.80 Å². The molecule has 0 N–H and O–H groups in total. The molecule has 2 fully saturated rings. The highest BCUT2D eigenvalue weighted by Crippen LogP contribution is 2.21. The van der Waals surface area contributed by atoms with Crippen molar-refractivity contribution in [3.05, 3.63) is 29.8 Å². The Hall–Kier alpha value is -1.55. The van der Waals surface area contributed by atoms with Crippen LogP contribution in [0.25, 0.3) is 0 Å². The number of likely N-dealkylation sites (tertiary alicyclic amines) is 2. The zero-order chi connectivity index (χ0) is 16.8. The molecule has 0 spiro atoms. The summed E-state index contributed by atoms with van der Waals surface area (Å²) < 4.78 is 5.28. The number of methoxy groups -OCH3 is 1. The van der Waals surface area contributed by atoms with Crippen molar-refractivity contribution in [2.45, 2.75) is 51.0 Å². The van der Waals surface area contributed by atoms with Crippen molar-refractivity contribution in [3.63, 3.8) is 0 Å². The van der Waals surface area contributed by atoms with E-state index in [1.165, 1.54) is 38.8 Å². The predicted molar refractivity (Wildman–Crippen MR) is 96.3 cm³/mol. The molecule has 2 saturated heterocycles. The van der Waals surface area contributed by atoms with E-state index in [0.717, 1.165) is 37.2 Å². The molecular formula is C20H30N2O2. The second kappa shape index (κ2) is 8.52. The zero-order valence-electron chi connectivity index (χ0n) is 14.9. The summed E-state index contributed by atoms with van der Waals surface area (Å²) in [5, 5.41) is 0. The van der Waals surface area contributed by atoms with Gasteiger partial charge in [-0.3, -0.25) is 4.79 Å². The minimum atomic E-state index is 0.273. The Kier molecular flexibility index (Phi) is 6.13. The van der Waals surface area contributed by atoms with Gasteiger partial charge in [0.25, 0.3) is 0 Å². The first-order valence-electron chi connectivity index (χ1n) is 9.41. The summed E-state index contributed by atoms with van der Waals surface area (Å²) in [5.41, 5.74) is 1.04. The van der Waals surface area contributed by atoms with Gasteiger partial charge >= 0.3 is 0 Å². The van der Waals surface area contributed by atoms with Gasteiger partial charge in [0, 0.05) is 19.1 Å². The van der Waals surface area contributed by atoms with Crippen LogP contribution in [0.5, 0.6) is 5.75 Å². The fourth-order valence-electron chi connectivity index (χ4n) is 4.02. The highest BCUT2D eigenvalue weighted by Gasteiger charge is 2.27. The van der Waals surface area contributed by atoms with Crippen LogP contribution in [0.4, 0.5) is 0 Å². The Morgan fingerprint density at radius 3 is 2.71 bits per heavy atom. The van der Waals surface area contributed by atoms with Crippen LogP contribution < -0.4 is 4.74 Å². The lowest BCUT2D eigenvalue weighted by atomic mass is 10.1. The van der Waals surface area contributed by atoms with Crippen molar-refractivity contribution in [2.75, 3.05) is 33.3 Å². The number of hydrogen-bond acceptors (Lipinski definition) is 3. The molecule has 0 bridgehead atoms. The lowest BCUT2D eigenvalue weighted by Gasteiger charge is -2.33. The summed E-state index contributed by atoms with van der Waals surface area (Å²) in [4.78, 5) is 17.7. The molecular weight excluding hydrogens is 300 g/mol. The molecule has 2 aliphatic rings. The van der Waals surface area contributed by atoms with E-state index in [-0.39, 0.29) is 5.91 Å². The van der Waals surface area contributed by atoms with Crippen molar-refractivity contribution in [1.29, 1.82) is 0 Å². The first-order chi connectivity index (χ1) is 11.8. The molecule has 1 atom stereocenters. The molecule has 1 aromatic rings. The number of rotatable bonds is 5. The zero-order valence-corrected chi connectivity index (χ0v) is 14.9.